The Morgan fingerprint density at radius 1 is 1.39 bits per heavy atom. The number of nitrogens with one attached hydrogen (secondary N) is 2. The number of unbranched alkanes of at least 4 members (excludes halogenated alkanes) is 1. The molecule has 23 heavy (non-hydrogen) atoms. The molecule has 0 saturated heterocycles. The van der Waals surface area contributed by atoms with Crippen molar-refractivity contribution in [2.24, 2.45) is 5.73 Å². The van der Waals surface area contributed by atoms with Crippen LogP contribution in [-0.2, 0) is 0 Å². The normalized spacial score (nSPS) is 11.6. The molecule has 0 fully saturated rings. The fourth-order valence-electron chi connectivity index (χ4n) is 2.19. The summed E-state index contributed by atoms with van der Waals surface area (Å²) in [7, 11) is 0. The fraction of sp³-hybridized carbons (Fsp3) is 0.375. The molecule has 2 aromatic rings. The molecule has 1 amide bonds. The zero-order chi connectivity index (χ0) is 15.9. The van der Waals surface area contributed by atoms with Crippen LogP contribution in [0.3, 0.4) is 0 Å². The van der Waals surface area contributed by atoms with Crippen molar-refractivity contribution in [1.82, 2.24) is 10.3 Å². The summed E-state index contributed by atoms with van der Waals surface area (Å²) < 4.78 is 5.21. The van der Waals surface area contributed by atoms with Crippen molar-refractivity contribution >= 4 is 18.3 Å². The van der Waals surface area contributed by atoms with E-state index < -0.39 is 11.5 Å². The van der Waals surface area contributed by atoms with Crippen molar-refractivity contribution in [2.45, 2.75) is 32.2 Å². The van der Waals surface area contributed by atoms with Crippen molar-refractivity contribution in [3.05, 3.63) is 46.4 Å². The van der Waals surface area contributed by atoms with E-state index in [-0.39, 0.29) is 24.0 Å². The van der Waals surface area contributed by atoms with Gasteiger partial charge in [-0.05, 0) is 30.7 Å². The predicted octanol–water partition coefficient (Wildman–Crippen LogP) is 2.30. The van der Waals surface area contributed by atoms with Crippen LogP contribution in [0.15, 0.2) is 39.7 Å². The Morgan fingerprint density at radius 2 is 2.17 bits per heavy atom. The highest BCUT2D eigenvalue weighted by atomic mass is 35.5. The Morgan fingerprint density at radius 3 is 2.74 bits per heavy atom. The Kier molecular flexibility index (Phi) is 7.57. The summed E-state index contributed by atoms with van der Waals surface area (Å²) in [5.74, 6) is 0.144. The molecule has 0 aromatic carbocycles. The van der Waals surface area contributed by atoms with E-state index in [1.165, 1.54) is 12.3 Å². The highest BCUT2D eigenvalue weighted by molar-refractivity contribution is 5.94. The molecule has 4 N–H and O–H groups in total. The molecule has 2 rings (SSSR count). The van der Waals surface area contributed by atoms with Gasteiger partial charge in [0.1, 0.15) is 11.3 Å². The van der Waals surface area contributed by atoms with Gasteiger partial charge >= 0.3 is 0 Å². The first kappa shape index (κ1) is 19.0. The SMILES string of the molecule is CCCCC(CN)NC(=O)c1ccc(-c2ccco2)[nH]c1=O.Cl. The zero-order valence-corrected chi connectivity index (χ0v) is 13.8. The molecule has 0 aliphatic heterocycles. The average molecular weight is 340 g/mol. The highest BCUT2D eigenvalue weighted by Gasteiger charge is 2.15. The molecule has 0 aliphatic carbocycles. The molecule has 2 heterocycles. The molecule has 0 aliphatic rings. The Bertz CT molecular complexity index is 667. The standard InChI is InChI=1S/C16H21N3O3.ClH/c1-2-3-5-11(10-17)18-15(20)12-7-8-13(19-16(12)21)14-6-4-9-22-14;/h4,6-9,11H,2-3,5,10,17H2,1H3,(H,18,20)(H,19,21);1H. The zero-order valence-electron chi connectivity index (χ0n) is 13.0. The Hall–Kier alpha value is -2.05. The van der Waals surface area contributed by atoms with Crippen molar-refractivity contribution in [3.8, 4) is 11.5 Å². The average Bonchev–Trinajstić information content (AvgIpc) is 3.05. The van der Waals surface area contributed by atoms with E-state index in [2.05, 4.69) is 17.2 Å². The number of H-pyrrole nitrogens is 1. The molecular weight excluding hydrogens is 318 g/mol. The number of carbonyl (C=O) groups is 1. The quantitative estimate of drug-likeness (QED) is 0.720. The van der Waals surface area contributed by atoms with Gasteiger partial charge in [-0.1, -0.05) is 19.8 Å². The summed E-state index contributed by atoms with van der Waals surface area (Å²) in [5.41, 5.74) is 5.82. The van der Waals surface area contributed by atoms with E-state index in [4.69, 9.17) is 10.2 Å². The van der Waals surface area contributed by atoms with Gasteiger partial charge in [0.25, 0.3) is 11.5 Å². The number of amides is 1. The summed E-state index contributed by atoms with van der Waals surface area (Å²) in [6.07, 6.45) is 4.34. The van der Waals surface area contributed by atoms with Crippen LogP contribution in [0.4, 0.5) is 0 Å². The second kappa shape index (κ2) is 9.17. The third kappa shape index (κ3) is 4.97. The molecule has 2 aromatic heterocycles. The summed E-state index contributed by atoms with van der Waals surface area (Å²) >= 11 is 0. The van der Waals surface area contributed by atoms with Crippen LogP contribution < -0.4 is 16.6 Å². The number of hydrogen-bond acceptors (Lipinski definition) is 4. The lowest BCUT2D eigenvalue weighted by molar-refractivity contribution is 0.0934. The summed E-state index contributed by atoms with van der Waals surface area (Å²) in [6, 6.07) is 6.50. The number of halogens is 1. The maximum atomic E-state index is 12.2. The van der Waals surface area contributed by atoms with Gasteiger partial charge in [-0.15, -0.1) is 12.4 Å². The first-order valence-electron chi connectivity index (χ1n) is 7.43. The van der Waals surface area contributed by atoms with Gasteiger partial charge in [0, 0.05) is 12.6 Å². The number of hydrogen-bond donors (Lipinski definition) is 3. The first-order chi connectivity index (χ1) is 10.7. The number of furan rings is 1. The van der Waals surface area contributed by atoms with Crippen molar-refractivity contribution < 1.29 is 9.21 Å². The third-order valence-electron chi connectivity index (χ3n) is 3.47. The lowest BCUT2D eigenvalue weighted by Crippen LogP contribution is -2.41. The molecule has 1 unspecified atom stereocenters. The molecule has 6 nitrogen and oxygen atoms in total. The smallest absolute Gasteiger partial charge is 0.261 e. The topological polar surface area (TPSA) is 101 Å². The summed E-state index contributed by atoms with van der Waals surface area (Å²) in [6.45, 7) is 2.43. The van der Waals surface area contributed by atoms with E-state index in [9.17, 15) is 9.59 Å². The van der Waals surface area contributed by atoms with Gasteiger partial charge in [0.05, 0.1) is 12.0 Å². The van der Waals surface area contributed by atoms with E-state index in [0.717, 1.165) is 19.3 Å². The van der Waals surface area contributed by atoms with E-state index >= 15 is 0 Å². The number of aromatic amines is 1. The molecule has 0 saturated carbocycles. The van der Waals surface area contributed by atoms with E-state index in [1.54, 1.807) is 18.2 Å². The number of carbonyl (C=O) groups excluding carboxylic acids is 1. The summed E-state index contributed by atoms with van der Waals surface area (Å²) in [4.78, 5) is 26.9. The predicted molar refractivity (Wildman–Crippen MR) is 91.8 cm³/mol. The second-order valence-electron chi connectivity index (χ2n) is 5.14. The van der Waals surface area contributed by atoms with Gasteiger partial charge in [-0.3, -0.25) is 9.59 Å². The molecule has 0 radical (unpaired) electrons. The van der Waals surface area contributed by atoms with Crippen molar-refractivity contribution in [3.63, 3.8) is 0 Å². The van der Waals surface area contributed by atoms with Crippen LogP contribution in [0.2, 0.25) is 0 Å². The molecule has 0 bridgehead atoms. The van der Waals surface area contributed by atoms with Gasteiger partial charge < -0.3 is 20.5 Å². The molecule has 126 valence electrons. The maximum absolute atomic E-state index is 12.2. The molecular formula is C16H22ClN3O3. The van der Waals surface area contributed by atoms with E-state index in [1.807, 2.05) is 0 Å². The number of aromatic nitrogens is 1. The first-order valence-corrected chi connectivity index (χ1v) is 7.43. The van der Waals surface area contributed by atoms with Gasteiger partial charge in [0.15, 0.2) is 0 Å². The van der Waals surface area contributed by atoms with Crippen molar-refractivity contribution in [2.75, 3.05) is 6.54 Å². The lowest BCUT2D eigenvalue weighted by Gasteiger charge is -2.16. The fourth-order valence-corrected chi connectivity index (χ4v) is 2.19. The number of nitrogens with two attached hydrogens (primary N) is 1. The minimum Gasteiger partial charge on any atom is -0.463 e. The van der Waals surface area contributed by atoms with Crippen LogP contribution in [0.1, 0.15) is 36.5 Å². The number of pyridine rings is 1. The van der Waals surface area contributed by atoms with Crippen LogP contribution in [0, 0.1) is 0 Å². The van der Waals surface area contributed by atoms with Crippen LogP contribution in [0.25, 0.3) is 11.5 Å². The molecule has 7 heteroatoms. The highest BCUT2D eigenvalue weighted by Crippen LogP contribution is 2.15. The van der Waals surface area contributed by atoms with Gasteiger partial charge in [-0.2, -0.15) is 0 Å². The van der Waals surface area contributed by atoms with Crippen LogP contribution in [0.5, 0.6) is 0 Å². The minimum absolute atomic E-state index is 0. The Labute approximate surface area is 140 Å². The minimum atomic E-state index is -0.447. The maximum Gasteiger partial charge on any atom is 0.261 e. The number of rotatable bonds is 7. The van der Waals surface area contributed by atoms with Gasteiger partial charge in [-0.25, -0.2) is 0 Å². The molecule has 0 spiro atoms. The monoisotopic (exact) mass is 339 g/mol. The van der Waals surface area contributed by atoms with Crippen molar-refractivity contribution in [1.29, 1.82) is 0 Å². The Balaban J connectivity index is 0.00000264. The summed E-state index contributed by atoms with van der Waals surface area (Å²) in [5, 5.41) is 2.81. The lowest BCUT2D eigenvalue weighted by atomic mass is 10.1. The second-order valence-corrected chi connectivity index (χ2v) is 5.14. The van der Waals surface area contributed by atoms with Gasteiger partial charge in [0.2, 0.25) is 0 Å². The van der Waals surface area contributed by atoms with Crippen LogP contribution in [-0.4, -0.2) is 23.5 Å². The van der Waals surface area contributed by atoms with E-state index in [0.29, 0.717) is 18.0 Å². The molecule has 1 atom stereocenters. The third-order valence-corrected chi connectivity index (χ3v) is 3.47. The van der Waals surface area contributed by atoms with Crippen LogP contribution >= 0.6 is 12.4 Å². The largest absolute Gasteiger partial charge is 0.463 e.